The molecule has 2 atom stereocenters. The number of benzene rings is 2. The first-order valence-electron chi connectivity index (χ1n) is 12.7. The Bertz CT molecular complexity index is 1240. The molecule has 0 radical (unpaired) electrons. The largest absolute Gasteiger partial charge is 0.376 e. The van der Waals surface area contributed by atoms with Crippen LogP contribution in [0.15, 0.2) is 57.5 Å². The van der Waals surface area contributed by atoms with Crippen molar-refractivity contribution < 1.29 is 18.8 Å². The number of nitrogens with zero attached hydrogens (tertiary/aromatic N) is 3. The Morgan fingerprint density at radius 1 is 1.11 bits per heavy atom. The van der Waals surface area contributed by atoms with Gasteiger partial charge in [0.1, 0.15) is 0 Å². The normalized spacial score (nSPS) is 20.0. The molecule has 2 N–H and O–H groups in total. The summed E-state index contributed by atoms with van der Waals surface area (Å²) in [6, 6.07) is 14.9. The van der Waals surface area contributed by atoms with Crippen molar-refractivity contribution in [1.82, 2.24) is 20.4 Å². The van der Waals surface area contributed by atoms with Gasteiger partial charge >= 0.3 is 0 Å². The third-order valence-electron chi connectivity index (χ3n) is 6.73. The summed E-state index contributed by atoms with van der Waals surface area (Å²) in [6.07, 6.45) is 3.69. The summed E-state index contributed by atoms with van der Waals surface area (Å²) < 4.78 is 12.0. The molecule has 0 aliphatic carbocycles. The van der Waals surface area contributed by atoms with Crippen molar-refractivity contribution in [2.24, 2.45) is 5.92 Å². The summed E-state index contributed by atoms with van der Waals surface area (Å²) >= 11 is 3.46. The number of amides is 2. The van der Waals surface area contributed by atoms with Crippen LogP contribution in [0.4, 0.5) is 5.69 Å². The number of hydrogen-bond donors (Lipinski definition) is 2. The minimum atomic E-state index is -0.214. The lowest BCUT2D eigenvalue weighted by atomic mass is 9.96. The van der Waals surface area contributed by atoms with Gasteiger partial charge in [0.15, 0.2) is 0 Å². The van der Waals surface area contributed by atoms with Gasteiger partial charge in [0.2, 0.25) is 17.6 Å². The van der Waals surface area contributed by atoms with Gasteiger partial charge in [0.25, 0.3) is 5.91 Å². The van der Waals surface area contributed by atoms with E-state index < -0.39 is 0 Å². The van der Waals surface area contributed by atoms with E-state index in [4.69, 9.17) is 9.26 Å². The molecule has 0 bridgehead atoms. The van der Waals surface area contributed by atoms with Crippen molar-refractivity contribution in [2.45, 2.75) is 38.3 Å². The maximum atomic E-state index is 13.2. The van der Waals surface area contributed by atoms with Crippen molar-refractivity contribution in [1.29, 1.82) is 0 Å². The molecule has 3 aromatic rings. The van der Waals surface area contributed by atoms with Crippen molar-refractivity contribution in [3.63, 3.8) is 0 Å². The summed E-state index contributed by atoms with van der Waals surface area (Å²) in [5.74, 6) is 0.546. The molecule has 2 aliphatic rings. The van der Waals surface area contributed by atoms with Crippen LogP contribution >= 0.6 is 15.9 Å². The van der Waals surface area contributed by atoms with Crippen LogP contribution in [0.25, 0.3) is 11.4 Å². The zero-order chi connectivity index (χ0) is 25.6. The van der Waals surface area contributed by atoms with E-state index in [-0.39, 0.29) is 23.8 Å². The smallest absolute Gasteiger partial charge is 0.253 e. The standard InChI is InChI=1S/C27H30BrN5O4/c28-20-8-3-6-18(14-20)25-31-24(37-32-25)17-33-12-4-7-19(16-33)26(34)30-23-11-2-1-10-22(23)27(35)29-15-21-9-5-13-36-21/h1-3,6,8,10-11,14,19,21H,4-5,7,9,12-13,15-17H2,(H,29,35)(H,30,34). The molecule has 2 amide bonds. The molecule has 10 heteroatoms. The highest BCUT2D eigenvalue weighted by Gasteiger charge is 2.28. The SMILES string of the molecule is O=C(NCC1CCCO1)c1ccccc1NC(=O)C1CCCN(Cc2nc(-c3cccc(Br)c3)no2)C1. The molecule has 1 aromatic heterocycles. The molecule has 2 unspecified atom stereocenters. The van der Waals surface area contributed by atoms with Gasteiger partial charge in [0, 0.05) is 29.7 Å². The number of aromatic nitrogens is 2. The molecule has 0 saturated carbocycles. The van der Waals surface area contributed by atoms with Crippen LogP contribution < -0.4 is 10.6 Å². The summed E-state index contributed by atoms with van der Waals surface area (Å²) in [7, 11) is 0. The monoisotopic (exact) mass is 567 g/mol. The Balaban J connectivity index is 1.18. The first-order valence-corrected chi connectivity index (χ1v) is 13.4. The fourth-order valence-corrected chi connectivity index (χ4v) is 5.20. The van der Waals surface area contributed by atoms with E-state index >= 15 is 0 Å². The van der Waals surface area contributed by atoms with Gasteiger partial charge in [-0.25, -0.2) is 0 Å². The Morgan fingerprint density at radius 2 is 2.00 bits per heavy atom. The van der Waals surface area contributed by atoms with Gasteiger partial charge in [-0.15, -0.1) is 0 Å². The average molecular weight is 568 g/mol. The molecule has 0 spiro atoms. The number of hydrogen-bond acceptors (Lipinski definition) is 7. The van der Waals surface area contributed by atoms with Crippen LogP contribution in [-0.2, 0) is 16.1 Å². The second-order valence-electron chi connectivity index (χ2n) is 9.48. The lowest BCUT2D eigenvalue weighted by molar-refractivity contribution is -0.121. The number of piperidine rings is 1. The quantitative estimate of drug-likeness (QED) is 0.418. The minimum absolute atomic E-state index is 0.0587. The number of nitrogens with one attached hydrogen (secondary N) is 2. The number of ether oxygens (including phenoxy) is 1. The second kappa shape index (κ2) is 12.0. The maximum Gasteiger partial charge on any atom is 0.253 e. The Morgan fingerprint density at radius 3 is 2.84 bits per heavy atom. The van der Waals surface area contributed by atoms with Crippen LogP contribution in [0.5, 0.6) is 0 Å². The van der Waals surface area contributed by atoms with E-state index in [2.05, 4.69) is 41.6 Å². The lowest BCUT2D eigenvalue weighted by Crippen LogP contribution is -2.40. The van der Waals surface area contributed by atoms with E-state index in [1.165, 1.54) is 0 Å². The van der Waals surface area contributed by atoms with Gasteiger partial charge in [-0.1, -0.05) is 45.4 Å². The van der Waals surface area contributed by atoms with Gasteiger partial charge in [0.05, 0.1) is 29.8 Å². The third kappa shape index (κ3) is 6.63. The van der Waals surface area contributed by atoms with Gasteiger partial charge < -0.3 is 19.9 Å². The Kier molecular flexibility index (Phi) is 8.28. The van der Waals surface area contributed by atoms with Crippen LogP contribution in [-0.4, -0.2) is 59.2 Å². The van der Waals surface area contributed by atoms with Crippen molar-refractivity contribution >= 4 is 33.4 Å². The van der Waals surface area contributed by atoms with Crippen molar-refractivity contribution in [3.05, 3.63) is 64.5 Å². The fraction of sp³-hybridized carbons (Fsp3) is 0.407. The highest BCUT2D eigenvalue weighted by molar-refractivity contribution is 9.10. The number of halogens is 1. The predicted molar refractivity (Wildman–Crippen MR) is 142 cm³/mol. The summed E-state index contributed by atoms with van der Waals surface area (Å²) in [6.45, 7) is 3.11. The van der Waals surface area contributed by atoms with Gasteiger partial charge in [-0.3, -0.25) is 14.5 Å². The number of anilines is 1. The maximum absolute atomic E-state index is 13.2. The van der Waals surface area contributed by atoms with E-state index in [9.17, 15) is 9.59 Å². The summed E-state index contributed by atoms with van der Waals surface area (Å²) in [5.41, 5.74) is 1.84. The average Bonchev–Trinajstić information content (AvgIpc) is 3.60. The van der Waals surface area contributed by atoms with Crippen LogP contribution in [0, 0.1) is 5.92 Å². The molecular formula is C27H30BrN5O4. The molecule has 2 aliphatic heterocycles. The van der Waals surface area contributed by atoms with E-state index in [1.807, 2.05) is 30.3 Å². The number of rotatable bonds is 8. The van der Waals surface area contributed by atoms with Gasteiger partial charge in [-0.05, 0) is 56.5 Å². The van der Waals surface area contributed by atoms with Crippen molar-refractivity contribution in [2.75, 3.05) is 31.6 Å². The summed E-state index contributed by atoms with van der Waals surface area (Å²) in [5, 5.41) is 10.0. The highest BCUT2D eigenvalue weighted by atomic mass is 79.9. The number of likely N-dealkylation sites (tertiary alicyclic amines) is 1. The number of para-hydroxylation sites is 1. The minimum Gasteiger partial charge on any atom is -0.376 e. The van der Waals surface area contributed by atoms with E-state index in [0.717, 1.165) is 48.9 Å². The topological polar surface area (TPSA) is 110 Å². The molecule has 3 heterocycles. The predicted octanol–water partition coefficient (Wildman–Crippen LogP) is 4.26. The molecular weight excluding hydrogens is 538 g/mol. The zero-order valence-corrected chi connectivity index (χ0v) is 22.1. The Hall–Kier alpha value is -3.08. The van der Waals surface area contributed by atoms with E-state index in [0.29, 0.717) is 42.6 Å². The third-order valence-corrected chi connectivity index (χ3v) is 7.22. The number of carbonyl (C=O) groups is 2. The van der Waals surface area contributed by atoms with Crippen LogP contribution in [0.2, 0.25) is 0 Å². The molecule has 2 aromatic carbocycles. The first kappa shape index (κ1) is 25.6. The zero-order valence-electron chi connectivity index (χ0n) is 20.5. The van der Waals surface area contributed by atoms with E-state index in [1.54, 1.807) is 18.2 Å². The highest BCUT2D eigenvalue weighted by Crippen LogP contribution is 2.24. The first-order chi connectivity index (χ1) is 18.0. The molecule has 2 saturated heterocycles. The fourth-order valence-electron chi connectivity index (χ4n) is 4.80. The molecule has 5 rings (SSSR count). The molecule has 2 fully saturated rings. The van der Waals surface area contributed by atoms with Crippen LogP contribution in [0.1, 0.15) is 41.9 Å². The number of carbonyl (C=O) groups excluding carboxylic acids is 2. The second-order valence-corrected chi connectivity index (χ2v) is 10.4. The molecule has 9 nitrogen and oxygen atoms in total. The summed E-state index contributed by atoms with van der Waals surface area (Å²) in [4.78, 5) is 32.7. The van der Waals surface area contributed by atoms with Gasteiger partial charge in [-0.2, -0.15) is 4.98 Å². The molecule has 194 valence electrons. The lowest BCUT2D eigenvalue weighted by Gasteiger charge is -2.31. The van der Waals surface area contributed by atoms with Crippen LogP contribution in [0.3, 0.4) is 0 Å². The van der Waals surface area contributed by atoms with Crippen molar-refractivity contribution in [3.8, 4) is 11.4 Å². The molecule has 37 heavy (non-hydrogen) atoms. The Labute approximate surface area is 224 Å².